The Kier molecular flexibility index (Phi) is 10.6. The minimum Gasteiger partial charge on any atom is -0.491 e. The summed E-state index contributed by atoms with van der Waals surface area (Å²) in [4.78, 5) is 19.3. The first kappa shape index (κ1) is 30.3. The second-order valence-corrected chi connectivity index (χ2v) is 13.3. The second kappa shape index (κ2) is 14.3. The molecule has 1 N–H and O–H groups in total. The van der Waals surface area contributed by atoms with Gasteiger partial charge in [-0.25, -0.2) is 0 Å². The molecule has 3 fully saturated rings. The molecule has 0 aliphatic carbocycles. The summed E-state index contributed by atoms with van der Waals surface area (Å²) in [5.74, 6) is 1.14. The molecule has 3 saturated heterocycles. The Labute approximate surface area is 249 Å². The number of benzene rings is 2. The highest BCUT2D eigenvalue weighted by Gasteiger charge is 2.39. The van der Waals surface area contributed by atoms with Crippen molar-refractivity contribution < 1.29 is 9.53 Å². The van der Waals surface area contributed by atoms with Crippen LogP contribution < -0.4 is 10.1 Å². The number of rotatable bonds is 10. The average Bonchev–Trinajstić information content (AvgIpc) is 3.21. The van der Waals surface area contributed by atoms with Gasteiger partial charge in [-0.2, -0.15) is 0 Å². The molecule has 5 heteroatoms. The maximum atomic E-state index is 13.8. The number of likely N-dealkylation sites (tertiary alicyclic amines) is 2. The number of carbonyl (C=O) groups excluding carboxylic acids is 1. The van der Waals surface area contributed by atoms with Crippen molar-refractivity contribution in [3.05, 3.63) is 65.2 Å². The molecule has 2 aromatic carbocycles. The zero-order valence-electron chi connectivity index (χ0n) is 25.9. The number of carbonyl (C=O) groups is 1. The van der Waals surface area contributed by atoms with E-state index in [9.17, 15) is 4.79 Å². The number of hydrogen-bond acceptors (Lipinski definition) is 5. The first-order chi connectivity index (χ1) is 19.9. The van der Waals surface area contributed by atoms with Gasteiger partial charge in [0.25, 0.3) is 0 Å². The molecule has 5 rings (SSSR count). The van der Waals surface area contributed by atoms with Gasteiger partial charge in [0, 0.05) is 12.5 Å². The number of ether oxygens (including phenoxy) is 1. The lowest BCUT2D eigenvalue weighted by molar-refractivity contribution is -0.120. The minimum atomic E-state index is -0.127. The molecule has 2 unspecified atom stereocenters. The van der Waals surface area contributed by atoms with Crippen molar-refractivity contribution in [2.75, 3.05) is 39.3 Å². The number of Topliss-reactive ketones (excluding diaryl/α,β-unsaturated/α-hetero) is 1. The Morgan fingerprint density at radius 3 is 2.49 bits per heavy atom. The van der Waals surface area contributed by atoms with Gasteiger partial charge in [-0.15, -0.1) is 0 Å². The van der Waals surface area contributed by atoms with E-state index in [0.717, 1.165) is 56.1 Å². The molecule has 0 aromatic heterocycles. The fraction of sp³-hybridized carbons (Fsp3) is 0.639. The highest BCUT2D eigenvalue weighted by Crippen LogP contribution is 2.40. The van der Waals surface area contributed by atoms with Gasteiger partial charge >= 0.3 is 0 Å². The van der Waals surface area contributed by atoms with Crippen LogP contribution in [0, 0.1) is 6.92 Å². The highest BCUT2D eigenvalue weighted by molar-refractivity contribution is 5.86. The monoisotopic (exact) mass is 559 g/mol. The van der Waals surface area contributed by atoms with Gasteiger partial charge < -0.3 is 19.9 Å². The molecule has 5 nitrogen and oxygen atoms in total. The van der Waals surface area contributed by atoms with E-state index in [4.69, 9.17) is 4.74 Å². The summed E-state index contributed by atoms with van der Waals surface area (Å²) in [6.45, 7) is 13.3. The third-order valence-corrected chi connectivity index (χ3v) is 9.89. The van der Waals surface area contributed by atoms with Crippen LogP contribution in [0.2, 0.25) is 0 Å². The molecule has 3 heterocycles. The molecule has 0 amide bonds. The lowest BCUT2D eigenvalue weighted by atomic mass is 9.69. The first-order valence-electron chi connectivity index (χ1n) is 16.5. The van der Waals surface area contributed by atoms with E-state index in [1.807, 2.05) is 32.0 Å². The van der Waals surface area contributed by atoms with Crippen LogP contribution in [0.3, 0.4) is 0 Å². The standard InChI is InChI=1S/C36H53N3O2/c1-28(2)41-33-10-7-9-30(25-33)26-35(40)34-27-36(17-8-19-37-34,31-13-11-29(3)12-14-31)18-24-38-22-15-32(16-23-38)39-20-5-4-6-21-39/h7,9-14,25,28,32,34,37H,4-6,8,15-24,26-27H2,1-3H3. The number of nitrogens with zero attached hydrogens (tertiary/aromatic N) is 2. The van der Waals surface area contributed by atoms with Crippen LogP contribution in [0.25, 0.3) is 0 Å². The van der Waals surface area contributed by atoms with E-state index >= 15 is 0 Å². The zero-order valence-corrected chi connectivity index (χ0v) is 25.9. The molecule has 224 valence electrons. The molecule has 0 radical (unpaired) electrons. The number of ketones is 1. The SMILES string of the molecule is Cc1ccc(C2(CCN3CCC(N4CCCCC4)CC3)CCCNC(C(=O)Cc3cccc(OC(C)C)c3)C2)cc1. The summed E-state index contributed by atoms with van der Waals surface area (Å²) in [6, 6.07) is 18.0. The second-order valence-electron chi connectivity index (χ2n) is 13.3. The third kappa shape index (κ3) is 8.21. The summed E-state index contributed by atoms with van der Waals surface area (Å²) in [5, 5.41) is 3.66. The lowest BCUT2D eigenvalue weighted by Gasteiger charge is -2.42. The van der Waals surface area contributed by atoms with Crippen LogP contribution in [-0.4, -0.2) is 73.0 Å². The number of nitrogens with one attached hydrogen (secondary N) is 1. The Morgan fingerprint density at radius 1 is 1.00 bits per heavy atom. The summed E-state index contributed by atoms with van der Waals surface area (Å²) < 4.78 is 5.90. The van der Waals surface area contributed by atoms with E-state index in [2.05, 4.69) is 52.4 Å². The van der Waals surface area contributed by atoms with Gasteiger partial charge in [0.1, 0.15) is 5.75 Å². The number of piperidine rings is 2. The average molecular weight is 560 g/mol. The summed E-state index contributed by atoms with van der Waals surface area (Å²) in [7, 11) is 0. The molecule has 3 aliphatic heterocycles. The van der Waals surface area contributed by atoms with Crippen molar-refractivity contribution in [2.45, 2.75) is 109 Å². The van der Waals surface area contributed by atoms with Crippen LogP contribution in [0.15, 0.2) is 48.5 Å². The predicted octanol–water partition coefficient (Wildman–Crippen LogP) is 6.31. The Bertz CT molecular complexity index is 1100. The van der Waals surface area contributed by atoms with Crippen LogP contribution >= 0.6 is 0 Å². The summed E-state index contributed by atoms with van der Waals surface area (Å²) in [5.41, 5.74) is 3.77. The van der Waals surface area contributed by atoms with Gasteiger partial charge in [-0.3, -0.25) is 4.79 Å². The maximum Gasteiger partial charge on any atom is 0.154 e. The topological polar surface area (TPSA) is 44.8 Å². The predicted molar refractivity (Wildman–Crippen MR) is 169 cm³/mol. The van der Waals surface area contributed by atoms with E-state index in [-0.39, 0.29) is 17.6 Å². The fourth-order valence-corrected chi connectivity index (χ4v) is 7.53. The molecular formula is C36H53N3O2. The maximum absolute atomic E-state index is 13.8. The number of hydrogen-bond donors (Lipinski definition) is 1. The molecular weight excluding hydrogens is 506 g/mol. The zero-order chi connectivity index (χ0) is 28.7. The van der Waals surface area contributed by atoms with Crippen molar-refractivity contribution in [3.8, 4) is 5.75 Å². The Morgan fingerprint density at radius 2 is 1.76 bits per heavy atom. The number of aryl methyl sites for hydroxylation is 1. The van der Waals surface area contributed by atoms with Crippen LogP contribution in [0.4, 0.5) is 0 Å². The molecule has 2 atom stereocenters. The lowest BCUT2D eigenvalue weighted by Crippen LogP contribution is -2.48. The minimum absolute atomic E-state index is 0.0177. The van der Waals surface area contributed by atoms with Gasteiger partial charge in [-0.05, 0) is 140 Å². The van der Waals surface area contributed by atoms with E-state index < -0.39 is 0 Å². The van der Waals surface area contributed by atoms with E-state index in [0.29, 0.717) is 12.2 Å². The molecule has 0 saturated carbocycles. The molecule has 0 bridgehead atoms. The van der Waals surface area contributed by atoms with Crippen molar-refractivity contribution in [2.24, 2.45) is 0 Å². The molecule has 2 aromatic rings. The molecule has 0 spiro atoms. The highest BCUT2D eigenvalue weighted by atomic mass is 16.5. The third-order valence-electron chi connectivity index (χ3n) is 9.89. The Hall–Kier alpha value is -2.21. The van der Waals surface area contributed by atoms with Gasteiger partial charge in [-0.1, -0.05) is 48.4 Å². The van der Waals surface area contributed by atoms with Crippen LogP contribution in [-0.2, 0) is 16.6 Å². The van der Waals surface area contributed by atoms with Crippen molar-refractivity contribution in [1.29, 1.82) is 0 Å². The van der Waals surface area contributed by atoms with Crippen LogP contribution in [0.5, 0.6) is 5.75 Å². The molecule has 3 aliphatic rings. The Balaban J connectivity index is 1.27. The van der Waals surface area contributed by atoms with Crippen molar-refractivity contribution >= 4 is 5.78 Å². The molecule has 41 heavy (non-hydrogen) atoms. The summed E-state index contributed by atoms with van der Waals surface area (Å²) in [6.07, 6.45) is 11.6. The van der Waals surface area contributed by atoms with Gasteiger partial charge in [0.15, 0.2) is 5.78 Å². The van der Waals surface area contributed by atoms with Crippen molar-refractivity contribution in [1.82, 2.24) is 15.1 Å². The van der Waals surface area contributed by atoms with E-state index in [1.165, 1.54) is 69.4 Å². The first-order valence-corrected chi connectivity index (χ1v) is 16.5. The largest absolute Gasteiger partial charge is 0.491 e. The van der Waals surface area contributed by atoms with Crippen molar-refractivity contribution in [3.63, 3.8) is 0 Å². The quantitative estimate of drug-likeness (QED) is 0.369. The van der Waals surface area contributed by atoms with E-state index in [1.54, 1.807) is 0 Å². The fourth-order valence-electron chi connectivity index (χ4n) is 7.53. The van der Waals surface area contributed by atoms with Gasteiger partial charge in [0.2, 0.25) is 0 Å². The normalized spacial score (nSPS) is 25.2. The smallest absolute Gasteiger partial charge is 0.154 e. The van der Waals surface area contributed by atoms with Gasteiger partial charge in [0.05, 0.1) is 12.1 Å². The van der Waals surface area contributed by atoms with Crippen LogP contribution in [0.1, 0.15) is 88.3 Å². The summed E-state index contributed by atoms with van der Waals surface area (Å²) >= 11 is 0.